The van der Waals surface area contributed by atoms with Crippen LogP contribution < -0.4 is 4.74 Å². The Balaban J connectivity index is 2.19. The van der Waals surface area contributed by atoms with Crippen LogP contribution in [0.1, 0.15) is 16.0 Å². The molecule has 3 rings (SSSR count). The summed E-state index contributed by atoms with van der Waals surface area (Å²) in [6, 6.07) is 20.2. The molecule has 0 aliphatic rings. The van der Waals surface area contributed by atoms with Gasteiger partial charge in [-0.25, -0.2) is 0 Å². The SMILES string of the molecule is COc1ccc(C(Br)c2ccccc2Cl)c2ccccc12. The third-order valence-corrected chi connectivity index (χ3v) is 4.92. The van der Waals surface area contributed by atoms with E-state index >= 15 is 0 Å². The molecule has 0 aromatic heterocycles. The summed E-state index contributed by atoms with van der Waals surface area (Å²) in [5, 5.41) is 3.03. The molecule has 0 heterocycles. The quantitative estimate of drug-likeness (QED) is 0.521. The Morgan fingerprint density at radius 3 is 2.24 bits per heavy atom. The van der Waals surface area contributed by atoms with Gasteiger partial charge in [0.15, 0.2) is 0 Å². The van der Waals surface area contributed by atoms with Crippen molar-refractivity contribution in [2.75, 3.05) is 7.11 Å². The van der Waals surface area contributed by atoms with Gasteiger partial charge < -0.3 is 4.74 Å². The van der Waals surface area contributed by atoms with Crippen molar-refractivity contribution in [3.8, 4) is 5.75 Å². The molecule has 3 aromatic rings. The Hall–Kier alpha value is -1.51. The summed E-state index contributed by atoms with van der Waals surface area (Å²) in [6.07, 6.45) is 0. The van der Waals surface area contributed by atoms with Gasteiger partial charge in [-0.2, -0.15) is 0 Å². The molecule has 106 valence electrons. The summed E-state index contributed by atoms with van der Waals surface area (Å²) in [4.78, 5) is 0.0435. The van der Waals surface area contributed by atoms with Crippen LogP contribution >= 0.6 is 27.5 Å². The minimum atomic E-state index is 0.0435. The largest absolute Gasteiger partial charge is 0.496 e. The van der Waals surface area contributed by atoms with E-state index in [4.69, 9.17) is 16.3 Å². The standard InChI is InChI=1S/C18H14BrClO/c1-21-17-11-10-14(12-6-2-3-7-13(12)17)18(19)15-8-4-5-9-16(15)20/h2-11,18H,1H3. The van der Waals surface area contributed by atoms with Gasteiger partial charge in [0, 0.05) is 10.4 Å². The molecule has 1 nitrogen and oxygen atoms in total. The normalized spacial score (nSPS) is 12.3. The van der Waals surface area contributed by atoms with Crippen LogP contribution in [0.5, 0.6) is 5.75 Å². The lowest BCUT2D eigenvalue weighted by atomic mass is 9.97. The van der Waals surface area contributed by atoms with Crippen LogP contribution in [0.2, 0.25) is 5.02 Å². The maximum Gasteiger partial charge on any atom is 0.126 e. The van der Waals surface area contributed by atoms with Crippen LogP contribution in [0.15, 0.2) is 60.7 Å². The molecular weight excluding hydrogens is 348 g/mol. The molecule has 0 N–H and O–H groups in total. The van der Waals surface area contributed by atoms with Gasteiger partial charge >= 0.3 is 0 Å². The van der Waals surface area contributed by atoms with Crippen molar-refractivity contribution in [2.24, 2.45) is 0 Å². The number of rotatable bonds is 3. The zero-order valence-corrected chi connectivity index (χ0v) is 13.9. The van der Waals surface area contributed by atoms with E-state index < -0.39 is 0 Å². The summed E-state index contributed by atoms with van der Waals surface area (Å²) in [5.41, 5.74) is 2.24. The Kier molecular flexibility index (Phi) is 4.18. The molecule has 0 fully saturated rings. The van der Waals surface area contributed by atoms with Crippen molar-refractivity contribution >= 4 is 38.3 Å². The van der Waals surface area contributed by atoms with E-state index in [-0.39, 0.29) is 4.83 Å². The molecule has 1 atom stereocenters. The topological polar surface area (TPSA) is 9.23 Å². The number of ether oxygens (including phenoxy) is 1. The number of methoxy groups -OCH3 is 1. The van der Waals surface area contributed by atoms with E-state index in [1.54, 1.807) is 7.11 Å². The van der Waals surface area contributed by atoms with Crippen LogP contribution in [-0.2, 0) is 0 Å². The first-order valence-corrected chi connectivity index (χ1v) is 7.96. The monoisotopic (exact) mass is 360 g/mol. The van der Waals surface area contributed by atoms with E-state index in [0.29, 0.717) is 0 Å². The number of hydrogen-bond acceptors (Lipinski definition) is 1. The van der Waals surface area contributed by atoms with E-state index in [9.17, 15) is 0 Å². The van der Waals surface area contributed by atoms with Gasteiger partial charge in [-0.15, -0.1) is 0 Å². The highest BCUT2D eigenvalue weighted by Crippen LogP contribution is 2.40. The fourth-order valence-corrected chi connectivity index (χ4v) is 3.72. The van der Waals surface area contributed by atoms with Gasteiger partial charge in [-0.3, -0.25) is 0 Å². The Bertz CT molecular complexity index is 785. The lowest BCUT2D eigenvalue weighted by Gasteiger charge is -2.16. The highest BCUT2D eigenvalue weighted by molar-refractivity contribution is 9.09. The van der Waals surface area contributed by atoms with Crippen molar-refractivity contribution in [1.29, 1.82) is 0 Å². The maximum absolute atomic E-state index is 6.32. The van der Waals surface area contributed by atoms with Crippen molar-refractivity contribution in [3.05, 3.63) is 76.8 Å². The Morgan fingerprint density at radius 1 is 0.857 bits per heavy atom. The minimum absolute atomic E-state index is 0.0435. The molecule has 0 aliphatic heterocycles. The van der Waals surface area contributed by atoms with E-state index in [0.717, 1.165) is 21.7 Å². The molecule has 1 unspecified atom stereocenters. The molecule has 0 amide bonds. The number of halogens is 2. The van der Waals surface area contributed by atoms with Crippen molar-refractivity contribution in [1.82, 2.24) is 0 Å². The van der Waals surface area contributed by atoms with Gasteiger partial charge in [0.2, 0.25) is 0 Å². The number of alkyl halides is 1. The number of fused-ring (bicyclic) bond motifs is 1. The molecule has 0 aliphatic carbocycles. The first-order valence-electron chi connectivity index (χ1n) is 6.66. The molecule has 3 heteroatoms. The average Bonchev–Trinajstić information content (AvgIpc) is 2.53. The average molecular weight is 362 g/mol. The van der Waals surface area contributed by atoms with Crippen molar-refractivity contribution in [2.45, 2.75) is 4.83 Å². The Labute approximate surface area is 137 Å². The van der Waals surface area contributed by atoms with E-state index in [1.165, 1.54) is 10.9 Å². The van der Waals surface area contributed by atoms with Gasteiger partial charge in [-0.1, -0.05) is 76.1 Å². The van der Waals surface area contributed by atoms with Gasteiger partial charge in [0.1, 0.15) is 5.75 Å². The second kappa shape index (κ2) is 6.08. The molecule has 0 saturated heterocycles. The maximum atomic E-state index is 6.32. The first kappa shape index (κ1) is 14.4. The van der Waals surface area contributed by atoms with Gasteiger partial charge in [-0.05, 0) is 28.6 Å². The first-order chi connectivity index (χ1) is 10.2. The third-order valence-electron chi connectivity index (χ3n) is 3.59. The molecule has 0 bridgehead atoms. The van der Waals surface area contributed by atoms with Crippen LogP contribution in [0, 0.1) is 0 Å². The summed E-state index contributed by atoms with van der Waals surface area (Å²) in [7, 11) is 1.70. The van der Waals surface area contributed by atoms with Crippen LogP contribution in [-0.4, -0.2) is 7.11 Å². The summed E-state index contributed by atoms with van der Waals surface area (Å²) in [5.74, 6) is 0.883. The molecule has 0 spiro atoms. The predicted octanol–water partition coefficient (Wildman–Crippen LogP) is 5.99. The Morgan fingerprint density at radius 2 is 1.52 bits per heavy atom. The van der Waals surface area contributed by atoms with Crippen molar-refractivity contribution < 1.29 is 4.74 Å². The second-order valence-corrected chi connectivity index (χ2v) is 6.11. The number of hydrogen-bond donors (Lipinski definition) is 0. The lowest BCUT2D eigenvalue weighted by molar-refractivity contribution is 0.419. The van der Waals surface area contributed by atoms with Crippen LogP contribution in [0.25, 0.3) is 10.8 Å². The lowest BCUT2D eigenvalue weighted by Crippen LogP contribution is -1.96. The molecule has 0 saturated carbocycles. The smallest absolute Gasteiger partial charge is 0.126 e. The highest BCUT2D eigenvalue weighted by atomic mass is 79.9. The summed E-state index contributed by atoms with van der Waals surface area (Å²) in [6.45, 7) is 0. The fraction of sp³-hybridized carbons (Fsp3) is 0.111. The van der Waals surface area contributed by atoms with Crippen LogP contribution in [0.4, 0.5) is 0 Å². The predicted molar refractivity (Wildman–Crippen MR) is 92.7 cm³/mol. The second-order valence-electron chi connectivity index (χ2n) is 4.79. The third kappa shape index (κ3) is 2.66. The zero-order valence-electron chi connectivity index (χ0n) is 11.5. The van der Waals surface area contributed by atoms with E-state index in [2.05, 4.69) is 34.1 Å². The van der Waals surface area contributed by atoms with Gasteiger partial charge in [0.25, 0.3) is 0 Å². The molecule has 0 radical (unpaired) electrons. The molecule has 21 heavy (non-hydrogen) atoms. The zero-order chi connectivity index (χ0) is 14.8. The van der Waals surface area contributed by atoms with Crippen LogP contribution in [0.3, 0.4) is 0 Å². The summed E-state index contributed by atoms with van der Waals surface area (Å²) < 4.78 is 5.45. The fourth-order valence-electron chi connectivity index (χ4n) is 2.54. The molecular formula is C18H14BrClO. The molecule has 3 aromatic carbocycles. The van der Waals surface area contributed by atoms with Crippen molar-refractivity contribution in [3.63, 3.8) is 0 Å². The van der Waals surface area contributed by atoms with Gasteiger partial charge in [0.05, 0.1) is 11.9 Å². The number of benzene rings is 3. The highest BCUT2D eigenvalue weighted by Gasteiger charge is 2.17. The summed E-state index contributed by atoms with van der Waals surface area (Å²) >= 11 is 10.1. The minimum Gasteiger partial charge on any atom is -0.496 e. The van der Waals surface area contributed by atoms with E-state index in [1.807, 2.05) is 42.5 Å².